The van der Waals surface area contributed by atoms with Crippen molar-refractivity contribution in [2.45, 2.75) is 19.4 Å². The van der Waals surface area contributed by atoms with Crippen LogP contribution in [0.3, 0.4) is 0 Å². The van der Waals surface area contributed by atoms with Crippen molar-refractivity contribution in [2.24, 2.45) is 34.2 Å². The van der Waals surface area contributed by atoms with Crippen LogP contribution in [0.2, 0.25) is 5.02 Å². The molecule has 1 saturated heterocycles. The first-order valence-electron chi connectivity index (χ1n) is 10.9. The van der Waals surface area contributed by atoms with Gasteiger partial charge in [0.25, 0.3) is 11.8 Å². The van der Waals surface area contributed by atoms with Gasteiger partial charge in [-0.2, -0.15) is 10.1 Å². The molecular formula is C25H19ClI2N2O3. The zero-order chi connectivity index (χ0) is 22.9. The monoisotopic (exact) mass is 684 g/mol. The number of rotatable bonds is 5. The highest BCUT2D eigenvalue weighted by Gasteiger charge is 2.73. The fraction of sp³-hybridized carbons (Fsp3) is 0.320. The van der Waals surface area contributed by atoms with E-state index in [0.29, 0.717) is 11.6 Å². The highest BCUT2D eigenvalue weighted by molar-refractivity contribution is 14.1. The normalized spacial score (nSPS) is 28.4. The summed E-state index contributed by atoms with van der Waals surface area (Å²) in [5.74, 6) is 0.482. The summed E-state index contributed by atoms with van der Waals surface area (Å²) < 4.78 is 7.91. The molecule has 5 nitrogen and oxygen atoms in total. The number of carbonyl (C=O) groups excluding carboxylic acids is 2. The fourth-order valence-corrected chi connectivity index (χ4v) is 8.08. The number of fused-ring (bicyclic) bond motifs is 3. The number of imide groups is 1. The van der Waals surface area contributed by atoms with Gasteiger partial charge in [0.15, 0.2) is 0 Å². The summed E-state index contributed by atoms with van der Waals surface area (Å²) in [6.07, 6.45) is 8.22. The molecule has 1 aliphatic heterocycles. The first-order chi connectivity index (χ1) is 15.9. The number of amides is 2. The Morgan fingerprint density at radius 1 is 1.03 bits per heavy atom. The molecule has 6 rings (SSSR count). The maximum absolute atomic E-state index is 13.1. The van der Waals surface area contributed by atoms with Crippen molar-refractivity contribution in [1.29, 1.82) is 0 Å². The maximum Gasteiger partial charge on any atom is 0.254 e. The number of halogens is 3. The van der Waals surface area contributed by atoms with Crippen LogP contribution in [-0.4, -0.2) is 23.0 Å². The largest absolute Gasteiger partial charge is 0.487 e. The molecule has 4 aliphatic rings. The number of hydrazone groups is 1. The van der Waals surface area contributed by atoms with Gasteiger partial charge in [0, 0.05) is 5.02 Å². The Morgan fingerprint density at radius 3 is 2.15 bits per heavy atom. The van der Waals surface area contributed by atoms with Crippen LogP contribution in [0.1, 0.15) is 24.0 Å². The first kappa shape index (κ1) is 22.0. The van der Waals surface area contributed by atoms with Crippen molar-refractivity contribution in [3.05, 3.63) is 71.8 Å². The Labute approximate surface area is 223 Å². The summed E-state index contributed by atoms with van der Waals surface area (Å²) in [5, 5.41) is 6.15. The molecule has 1 spiro atoms. The highest BCUT2D eigenvalue weighted by Crippen LogP contribution is 2.73. The molecule has 2 saturated carbocycles. The Balaban J connectivity index is 1.18. The van der Waals surface area contributed by atoms with E-state index in [1.807, 2.05) is 36.4 Å². The van der Waals surface area contributed by atoms with Crippen molar-refractivity contribution in [3.8, 4) is 5.75 Å². The molecular weight excluding hydrogens is 666 g/mol. The Bertz CT molecular complexity index is 1180. The second-order valence-corrected chi connectivity index (χ2v) is 11.9. The third kappa shape index (κ3) is 3.48. The lowest BCUT2D eigenvalue weighted by atomic mass is 9.85. The van der Waals surface area contributed by atoms with Crippen molar-refractivity contribution in [3.63, 3.8) is 0 Å². The van der Waals surface area contributed by atoms with Crippen molar-refractivity contribution < 1.29 is 14.3 Å². The summed E-state index contributed by atoms with van der Waals surface area (Å²) in [7, 11) is 0. The third-order valence-electron chi connectivity index (χ3n) is 7.47. The van der Waals surface area contributed by atoms with Gasteiger partial charge in [-0.05, 0) is 111 Å². The minimum absolute atomic E-state index is 0.142. The molecule has 2 amide bonds. The molecule has 0 unspecified atom stereocenters. The van der Waals surface area contributed by atoms with Crippen LogP contribution in [-0.2, 0) is 16.2 Å². The van der Waals surface area contributed by atoms with Gasteiger partial charge in [-0.25, -0.2) is 0 Å². The lowest BCUT2D eigenvalue weighted by molar-refractivity contribution is -0.141. The molecule has 0 N–H and O–H groups in total. The summed E-state index contributed by atoms with van der Waals surface area (Å²) in [4.78, 5) is 26.2. The van der Waals surface area contributed by atoms with E-state index in [4.69, 9.17) is 16.3 Å². The standard InChI is InChI=1S/C25H19ClI2N2O3/c26-15-3-1-13(2-4-15)12-33-22-18(27)9-14(10-19(22)28)11-29-30-23(31)20-16-5-6-17(21(20)24(30)32)25(16)7-8-25/h1-6,9-11,16-17,20-21H,7-8,12H2/b29-11-/t16-,17-,20-,21-/m1/s1. The molecule has 2 bridgehead atoms. The molecule has 3 aliphatic carbocycles. The van der Waals surface area contributed by atoms with Gasteiger partial charge in [-0.1, -0.05) is 35.9 Å². The maximum atomic E-state index is 13.1. The minimum Gasteiger partial charge on any atom is -0.487 e. The number of allylic oxidation sites excluding steroid dienone is 2. The number of hydrogen-bond donors (Lipinski definition) is 0. The zero-order valence-electron chi connectivity index (χ0n) is 17.4. The quantitative estimate of drug-likeness (QED) is 0.177. The molecule has 0 radical (unpaired) electrons. The van der Waals surface area contributed by atoms with Crippen LogP contribution in [0.25, 0.3) is 0 Å². The van der Waals surface area contributed by atoms with E-state index in [1.165, 1.54) is 0 Å². The van der Waals surface area contributed by atoms with Crippen LogP contribution >= 0.6 is 56.8 Å². The smallest absolute Gasteiger partial charge is 0.254 e. The van der Waals surface area contributed by atoms with E-state index in [-0.39, 0.29) is 40.9 Å². The van der Waals surface area contributed by atoms with E-state index in [2.05, 4.69) is 62.4 Å². The van der Waals surface area contributed by atoms with Gasteiger partial charge in [-0.3, -0.25) is 9.59 Å². The van der Waals surface area contributed by atoms with E-state index in [9.17, 15) is 9.59 Å². The zero-order valence-corrected chi connectivity index (χ0v) is 22.5. The molecule has 168 valence electrons. The number of benzene rings is 2. The van der Waals surface area contributed by atoms with E-state index in [0.717, 1.165) is 41.9 Å². The van der Waals surface area contributed by atoms with Gasteiger partial charge < -0.3 is 4.74 Å². The summed E-state index contributed by atoms with van der Waals surface area (Å²) in [5.41, 5.74) is 2.05. The molecule has 2 aromatic rings. The average molecular weight is 685 g/mol. The predicted molar refractivity (Wildman–Crippen MR) is 142 cm³/mol. The van der Waals surface area contributed by atoms with Crippen LogP contribution in [0.15, 0.2) is 53.7 Å². The lowest BCUT2D eigenvalue weighted by Crippen LogP contribution is -2.30. The molecule has 4 atom stereocenters. The first-order valence-corrected chi connectivity index (χ1v) is 13.4. The Hall–Kier alpha value is -1.46. The van der Waals surface area contributed by atoms with Crippen molar-refractivity contribution in [2.75, 3.05) is 0 Å². The Kier molecular flexibility index (Phi) is 5.37. The van der Waals surface area contributed by atoms with Crippen LogP contribution in [0.5, 0.6) is 5.75 Å². The number of ether oxygens (including phenoxy) is 1. The molecule has 3 fully saturated rings. The second kappa shape index (κ2) is 8.05. The van der Waals surface area contributed by atoms with Gasteiger partial charge in [0.2, 0.25) is 0 Å². The van der Waals surface area contributed by atoms with Gasteiger partial charge in [-0.15, -0.1) is 0 Å². The lowest BCUT2D eigenvalue weighted by Gasteiger charge is -2.18. The number of hydrogen-bond acceptors (Lipinski definition) is 4. The Morgan fingerprint density at radius 2 is 1.61 bits per heavy atom. The van der Waals surface area contributed by atoms with Crippen LogP contribution in [0.4, 0.5) is 0 Å². The minimum atomic E-state index is -0.226. The fourth-order valence-electron chi connectivity index (χ4n) is 5.83. The molecule has 0 aromatic heterocycles. The van der Waals surface area contributed by atoms with Gasteiger partial charge in [0.05, 0.1) is 25.2 Å². The molecule has 8 heteroatoms. The van der Waals surface area contributed by atoms with E-state index >= 15 is 0 Å². The van der Waals surface area contributed by atoms with Crippen LogP contribution in [0, 0.1) is 36.2 Å². The molecule has 2 aromatic carbocycles. The van der Waals surface area contributed by atoms with Crippen molar-refractivity contribution in [1.82, 2.24) is 5.01 Å². The number of nitrogens with zero attached hydrogens (tertiary/aromatic N) is 2. The topological polar surface area (TPSA) is 59.0 Å². The van der Waals surface area contributed by atoms with E-state index in [1.54, 1.807) is 6.21 Å². The van der Waals surface area contributed by atoms with E-state index < -0.39 is 0 Å². The second-order valence-electron chi connectivity index (χ2n) is 9.18. The van der Waals surface area contributed by atoms with Gasteiger partial charge in [0.1, 0.15) is 12.4 Å². The number of carbonyl (C=O) groups is 2. The molecule has 33 heavy (non-hydrogen) atoms. The third-order valence-corrected chi connectivity index (χ3v) is 9.32. The van der Waals surface area contributed by atoms with Crippen molar-refractivity contribution >= 4 is 74.8 Å². The summed E-state index contributed by atoms with van der Waals surface area (Å²) >= 11 is 10.4. The van der Waals surface area contributed by atoms with Crippen LogP contribution < -0.4 is 4.74 Å². The SMILES string of the molecule is O=C1[C@H]2[C@H](C(=O)N1/N=C\c1cc(I)c(OCc3ccc(Cl)cc3)c(I)c1)[C@H]1C=C[C@H]2C12CC2. The summed E-state index contributed by atoms with van der Waals surface area (Å²) in [6.45, 7) is 0.439. The predicted octanol–water partition coefficient (Wildman–Crippen LogP) is 5.66. The molecule has 1 heterocycles. The average Bonchev–Trinajstić information content (AvgIpc) is 3.39. The van der Waals surface area contributed by atoms with Gasteiger partial charge >= 0.3 is 0 Å². The summed E-state index contributed by atoms with van der Waals surface area (Å²) in [6, 6.07) is 11.5. The highest BCUT2D eigenvalue weighted by atomic mass is 127.